The molecule has 3 aromatic heterocycles. The van der Waals surface area contributed by atoms with Gasteiger partial charge in [0.1, 0.15) is 12.1 Å². The maximum Gasteiger partial charge on any atom is 0.209 e. The van der Waals surface area contributed by atoms with Gasteiger partial charge >= 0.3 is 0 Å². The average Bonchev–Trinajstić information content (AvgIpc) is 3.45. The number of hydrogen-bond donors (Lipinski definition) is 2. The van der Waals surface area contributed by atoms with Crippen molar-refractivity contribution in [1.82, 2.24) is 19.9 Å². The lowest BCUT2D eigenvalue weighted by Gasteiger charge is -2.41. The van der Waals surface area contributed by atoms with Gasteiger partial charge in [-0.3, -0.25) is 4.79 Å². The van der Waals surface area contributed by atoms with E-state index in [0.717, 1.165) is 56.9 Å². The summed E-state index contributed by atoms with van der Waals surface area (Å²) in [6.07, 6.45) is 4.51. The van der Waals surface area contributed by atoms with Crippen LogP contribution in [-0.4, -0.2) is 56.3 Å². The maximum absolute atomic E-state index is 10.8. The zero-order valence-corrected chi connectivity index (χ0v) is 22.4. The number of carbonyl (C=O) groups is 2. The standard InChI is InChI=1S/C14H14N4S2.C11H19NO3/c1-8-4-5-12(15-6-8)18-14-17-11(7-19-14)13-9(2)16-10(3)20-13;1-3-8(2)12(7-14)5-9-4-10(6-13)11(9)15/h4-7H,1-3H3,(H,15,17,18);6-11,15H,3-5H2,1-2H3/t;8-,9?,10?,11?/m.0/s1. The largest absolute Gasteiger partial charge is 0.392 e. The second-order valence-corrected chi connectivity index (χ2v) is 10.9. The van der Waals surface area contributed by atoms with Crippen LogP contribution in [0.15, 0.2) is 23.7 Å². The monoisotopic (exact) mass is 515 g/mol. The summed E-state index contributed by atoms with van der Waals surface area (Å²) in [5.41, 5.74) is 3.16. The Labute approximate surface area is 214 Å². The molecule has 10 heteroatoms. The van der Waals surface area contributed by atoms with E-state index in [4.69, 9.17) is 0 Å². The number of aromatic nitrogens is 3. The van der Waals surface area contributed by atoms with Crippen molar-refractivity contribution in [1.29, 1.82) is 0 Å². The molecule has 1 aliphatic rings. The SMILES string of the molecule is CC[C@H](C)N(C=O)CC1CC(C=O)C1O.Cc1ccc(Nc2nc(-c3sc(C)nc3C)cs2)nc1. The minimum absolute atomic E-state index is 0.0689. The summed E-state index contributed by atoms with van der Waals surface area (Å²) in [7, 11) is 0. The third-order valence-corrected chi connectivity index (χ3v) is 8.05. The van der Waals surface area contributed by atoms with Crippen LogP contribution in [-0.2, 0) is 9.59 Å². The first-order valence-corrected chi connectivity index (χ1v) is 13.4. The topological polar surface area (TPSA) is 108 Å². The van der Waals surface area contributed by atoms with Crippen molar-refractivity contribution in [3.63, 3.8) is 0 Å². The second-order valence-electron chi connectivity index (χ2n) is 8.88. The van der Waals surface area contributed by atoms with Gasteiger partial charge in [-0.15, -0.1) is 22.7 Å². The van der Waals surface area contributed by atoms with E-state index >= 15 is 0 Å². The van der Waals surface area contributed by atoms with Crippen LogP contribution in [0.2, 0.25) is 0 Å². The van der Waals surface area contributed by atoms with Crippen molar-refractivity contribution >= 4 is 46.3 Å². The van der Waals surface area contributed by atoms with Crippen LogP contribution in [0.5, 0.6) is 0 Å². The highest BCUT2D eigenvalue weighted by Crippen LogP contribution is 2.34. The Kier molecular flexibility index (Phi) is 9.47. The number of nitrogens with zero attached hydrogens (tertiary/aromatic N) is 4. The van der Waals surface area contributed by atoms with Crippen molar-refractivity contribution in [2.24, 2.45) is 11.8 Å². The van der Waals surface area contributed by atoms with E-state index in [9.17, 15) is 14.7 Å². The van der Waals surface area contributed by atoms with Gasteiger partial charge in [0.25, 0.3) is 0 Å². The van der Waals surface area contributed by atoms with Gasteiger partial charge < -0.3 is 20.1 Å². The van der Waals surface area contributed by atoms with Crippen LogP contribution < -0.4 is 5.32 Å². The molecule has 0 bridgehead atoms. The number of aryl methyl sites for hydroxylation is 3. The summed E-state index contributed by atoms with van der Waals surface area (Å²) in [5, 5.41) is 16.8. The highest BCUT2D eigenvalue weighted by molar-refractivity contribution is 7.16. The Morgan fingerprint density at radius 1 is 1.26 bits per heavy atom. The lowest BCUT2D eigenvalue weighted by molar-refractivity contribution is -0.130. The quantitative estimate of drug-likeness (QED) is 0.395. The van der Waals surface area contributed by atoms with Gasteiger partial charge in [0, 0.05) is 36.0 Å². The fraction of sp³-hybridized carbons (Fsp3) is 0.480. The van der Waals surface area contributed by atoms with E-state index in [0.29, 0.717) is 13.0 Å². The fourth-order valence-electron chi connectivity index (χ4n) is 3.79. The predicted molar refractivity (Wildman–Crippen MR) is 141 cm³/mol. The zero-order chi connectivity index (χ0) is 25.5. The smallest absolute Gasteiger partial charge is 0.209 e. The number of amides is 1. The zero-order valence-electron chi connectivity index (χ0n) is 20.8. The minimum Gasteiger partial charge on any atom is -0.392 e. The Morgan fingerprint density at radius 3 is 2.57 bits per heavy atom. The molecule has 4 rings (SSSR count). The number of rotatable bonds is 9. The van der Waals surface area contributed by atoms with E-state index in [1.165, 1.54) is 0 Å². The Hall–Kier alpha value is -2.69. The van der Waals surface area contributed by atoms with Crippen LogP contribution in [0.3, 0.4) is 0 Å². The molecular weight excluding hydrogens is 482 g/mol. The number of carbonyl (C=O) groups excluding carboxylic acids is 2. The third-order valence-electron chi connectivity index (χ3n) is 6.20. The van der Waals surface area contributed by atoms with Gasteiger partial charge in [0.05, 0.1) is 27.4 Å². The van der Waals surface area contributed by atoms with E-state index in [1.54, 1.807) is 27.6 Å². The van der Waals surface area contributed by atoms with Crippen LogP contribution >= 0.6 is 22.7 Å². The fourth-order valence-corrected chi connectivity index (χ4v) is 5.45. The summed E-state index contributed by atoms with van der Waals surface area (Å²) in [4.78, 5) is 37.5. The average molecular weight is 516 g/mol. The van der Waals surface area contributed by atoms with Crippen molar-refractivity contribution in [2.45, 2.75) is 59.6 Å². The Morgan fingerprint density at radius 2 is 2.03 bits per heavy atom. The van der Waals surface area contributed by atoms with Crippen LogP contribution in [0.25, 0.3) is 10.6 Å². The number of anilines is 2. The van der Waals surface area contributed by atoms with Crippen molar-refractivity contribution in [3.8, 4) is 10.6 Å². The number of hydrogen-bond acceptors (Lipinski definition) is 9. The molecule has 1 aliphatic carbocycles. The van der Waals surface area contributed by atoms with Gasteiger partial charge in [0.15, 0.2) is 5.13 Å². The van der Waals surface area contributed by atoms with Crippen LogP contribution in [0.4, 0.5) is 10.9 Å². The molecule has 0 aliphatic heterocycles. The van der Waals surface area contributed by atoms with E-state index in [2.05, 4.69) is 25.6 Å². The summed E-state index contributed by atoms with van der Waals surface area (Å²) < 4.78 is 0. The molecule has 3 heterocycles. The molecule has 0 saturated heterocycles. The van der Waals surface area contributed by atoms with Crippen molar-refractivity contribution in [3.05, 3.63) is 40.0 Å². The summed E-state index contributed by atoms with van der Waals surface area (Å²) in [6.45, 7) is 10.6. The van der Waals surface area contributed by atoms with Crippen LogP contribution in [0, 0.1) is 32.6 Å². The molecule has 1 saturated carbocycles. The lowest BCUT2D eigenvalue weighted by atomic mass is 9.72. The Bertz CT molecular complexity index is 1110. The molecule has 188 valence electrons. The summed E-state index contributed by atoms with van der Waals surface area (Å²) >= 11 is 3.26. The van der Waals surface area contributed by atoms with Gasteiger partial charge in [-0.25, -0.2) is 15.0 Å². The lowest BCUT2D eigenvalue weighted by Crippen LogP contribution is -2.49. The molecule has 8 nitrogen and oxygen atoms in total. The number of pyridine rings is 1. The molecule has 2 N–H and O–H groups in total. The van der Waals surface area contributed by atoms with Gasteiger partial charge in [-0.1, -0.05) is 13.0 Å². The molecule has 0 radical (unpaired) electrons. The van der Waals surface area contributed by atoms with E-state index in [1.807, 2.05) is 52.9 Å². The maximum atomic E-state index is 10.8. The van der Waals surface area contributed by atoms with Gasteiger partial charge in [-0.2, -0.15) is 0 Å². The molecule has 1 fully saturated rings. The molecule has 4 atom stereocenters. The molecule has 1 amide bonds. The molecule has 3 unspecified atom stereocenters. The summed E-state index contributed by atoms with van der Waals surface area (Å²) in [5.74, 6) is 0.661. The first-order valence-electron chi connectivity index (χ1n) is 11.7. The first kappa shape index (κ1) is 26.9. The molecular formula is C25H33N5O3S2. The number of aliphatic hydroxyl groups excluding tert-OH is 1. The van der Waals surface area contributed by atoms with Crippen molar-refractivity contribution < 1.29 is 14.7 Å². The van der Waals surface area contributed by atoms with Gasteiger partial charge in [0.2, 0.25) is 6.41 Å². The van der Waals surface area contributed by atoms with Gasteiger partial charge in [-0.05, 0) is 52.2 Å². The molecule has 0 spiro atoms. The number of thiazole rings is 2. The van der Waals surface area contributed by atoms with E-state index in [-0.39, 0.29) is 17.9 Å². The highest BCUT2D eigenvalue weighted by Gasteiger charge is 2.40. The first-order chi connectivity index (χ1) is 16.7. The van der Waals surface area contributed by atoms with E-state index < -0.39 is 6.10 Å². The number of aliphatic hydroxyl groups is 1. The molecule has 0 aromatic carbocycles. The number of aldehydes is 1. The predicted octanol–water partition coefficient (Wildman–Crippen LogP) is 4.77. The normalized spacial score (nSPS) is 19.7. The molecule has 3 aromatic rings. The second kappa shape index (κ2) is 12.3. The minimum atomic E-state index is -0.561. The molecule has 35 heavy (non-hydrogen) atoms. The van der Waals surface area contributed by atoms with Crippen molar-refractivity contribution in [2.75, 3.05) is 11.9 Å². The highest BCUT2D eigenvalue weighted by atomic mass is 32.1. The Balaban J connectivity index is 0.000000205. The van der Waals surface area contributed by atoms with Crippen LogP contribution in [0.1, 0.15) is 43.0 Å². The number of nitrogens with one attached hydrogen (secondary N) is 1. The summed E-state index contributed by atoms with van der Waals surface area (Å²) in [6, 6.07) is 4.18. The third kappa shape index (κ3) is 6.93.